The van der Waals surface area contributed by atoms with E-state index in [4.69, 9.17) is 12.7 Å². The van der Waals surface area contributed by atoms with Crippen LogP contribution < -0.4 is 0 Å². The Kier molecular flexibility index (Phi) is 9.95. The molecular weight excluding hydrogens is 367 g/mol. The van der Waals surface area contributed by atoms with Crippen LogP contribution in [0.3, 0.4) is 0 Å². The molecule has 0 amide bonds. The van der Waals surface area contributed by atoms with Crippen molar-refractivity contribution in [1.82, 2.24) is 0 Å². The smallest absolute Gasteiger partial charge is 0.419 e. The Morgan fingerprint density at radius 1 is 1.06 bits per heavy atom. The molecule has 0 fully saturated rings. The fraction of sp³-hybridized carbons (Fsp3) is 1.00. The molecule has 3 nitrogen and oxygen atoms in total. The average Bonchev–Trinajstić information content (AvgIpc) is 2.13. The Hall–Kier alpha value is 1.26. The van der Waals surface area contributed by atoms with Crippen LogP contribution in [0.4, 0.5) is 0 Å². The zero-order valence-corrected chi connectivity index (χ0v) is 16.6. The maximum absolute atomic E-state index is 6.16. The summed E-state index contributed by atoms with van der Waals surface area (Å²) in [5, 5.41) is 0. The molecule has 0 aromatic carbocycles. The molecule has 98 valence electrons. The first-order valence-corrected chi connectivity index (χ1v) is 15.0. The fourth-order valence-electron chi connectivity index (χ4n) is 1.51. The topological polar surface area (TPSA) is 27.7 Å². The van der Waals surface area contributed by atoms with Gasteiger partial charge in [-0.3, -0.25) is 0 Å². The highest BCUT2D eigenvalue weighted by Gasteiger charge is 2.41. The van der Waals surface area contributed by atoms with Crippen LogP contribution in [0, 0.1) is 0 Å². The Morgan fingerprint density at radius 2 is 1.56 bits per heavy atom. The summed E-state index contributed by atoms with van der Waals surface area (Å²) in [4.78, 5) is 0. The SMILES string of the molecule is CCO[Si](CCCI)(O[SiH](C)C)O[SiH](C)C. The predicted octanol–water partition coefficient (Wildman–Crippen LogP) is 2.79. The third-order valence-electron chi connectivity index (χ3n) is 1.81. The summed E-state index contributed by atoms with van der Waals surface area (Å²) in [5.74, 6) is 0. The number of rotatable bonds is 9. The van der Waals surface area contributed by atoms with Crippen LogP contribution >= 0.6 is 22.6 Å². The van der Waals surface area contributed by atoms with Crippen molar-refractivity contribution < 1.29 is 12.7 Å². The molecule has 0 saturated carbocycles. The number of halogens is 1. The summed E-state index contributed by atoms with van der Waals surface area (Å²) in [6, 6.07) is 0.986. The van der Waals surface area contributed by atoms with Gasteiger partial charge in [-0.15, -0.1) is 0 Å². The molecule has 0 aliphatic heterocycles. The Balaban J connectivity index is 4.58. The molecule has 0 spiro atoms. The van der Waals surface area contributed by atoms with Gasteiger partial charge in [0.05, 0.1) is 0 Å². The number of alkyl halides is 1. The van der Waals surface area contributed by atoms with Gasteiger partial charge in [0.25, 0.3) is 0 Å². The van der Waals surface area contributed by atoms with Crippen LogP contribution in [0.1, 0.15) is 13.3 Å². The first-order valence-electron chi connectivity index (χ1n) is 6.01. The van der Waals surface area contributed by atoms with Crippen LogP contribution in [0.5, 0.6) is 0 Å². The molecule has 0 saturated heterocycles. The van der Waals surface area contributed by atoms with Gasteiger partial charge in [0.2, 0.25) is 0 Å². The summed E-state index contributed by atoms with van der Waals surface area (Å²) in [7, 11) is -4.52. The van der Waals surface area contributed by atoms with Crippen molar-refractivity contribution in [2.75, 3.05) is 11.0 Å². The molecule has 0 aromatic heterocycles. The van der Waals surface area contributed by atoms with E-state index < -0.39 is 26.9 Å². The van der Waals surface area contributed by atoms with Crippen LogP contribution in [0.25, 0.3) is 0 Å². The van der Waals surface area contributed by atoms with Gasteiger partial charge in [-0.2, -0.15) is 0 Å². The van der Waals surface area contributed by atoms with Crippen LogP contribution in [0.15, 0.2) is 0 Å². The first-order chi connectivity index (χ1) is 7.45. The molecule has 0 unspecified atom stereocenters. The lowest BCUT2D eigenvalue weighted by molar-refractivity contribution is 0.175. The molecule has 0 rings (SSSR count). The van der Waals surface area contributed by atoms with Gasteiger partial charge >= 0.3 is 8.80 Å². The third-order valence-corrected chi connectivity index (χ3v) is 10.9. The van der Waals surface area contributed by atoms with Gasteiger partial charge in [0.15, 0.2) is 18.1 Å². The van der Waals surface area contributed by atoms with Crippen molar-refractivity contribution in [2.24, 2.45) is 0 Å². The highest BCUT2D eigenvalue weighted by Crippen LogP contribution is 2.21. The minimum Gasteiger partial charge on any atom is -0.419 e. The summed E-state index contributed by atoms with van der Waals surface area (Å²) in [6.45, 7) is 11.5. The van der Waals surface area contributed by atoms with E-state index in [1.54, 1.807) is 0 Å². The molecule has 0 aromatic rings. The van der Waals surface area contributed by atoms with Crippen molar-refractivity contribution in [1.29, 1.82) is 0 Å². The van der Waals surface area contributed by atoms with Crippen molar-refractivity contribution in [3.05, 3.63) is 0 Å². The fourth-order valence-corrected chi connectivity index (χ4v) is 11.8. The van der Waals surface area contributed by atoms with E-state index in [9.17, 15) is 0 Å². The highest BCUT2D eigenvalue weighted by atomic mass is 127. The van der Waals surface area contributed by atoms with Crippen molar-refractivity contribution in [3.63, 3.8) is 0 Å². The van der Waals surface area contributed by atoms with Crippen LogP contribution in [-0.4, -0.2) is 37.9 Å². The quantitative estimate of drug-likeness (QED) is 0.343. The van der Waals surface area contributed by atoms with Crippen LogP contribution in [-0.2, 0) is 12.7 Å². The highest BCUT2D eigenvalue weighted by molar-refractivity contribution is 14.1. The Bertz CT molecular complexity index is 171. The van der Waals surface area contributed by atoms with E-state index in [-0.39, 0.29) is 0 Å². The molecule has 7 heteroatoms. The zero-order valence-electron chi connectivity index (χ0n) is 11.1. The van der Waals surface area contributed by atoms with E-state index in [0.29, 0.717) is 6.61 Å². The second-order valence-corrected chi connectivity index (χ2v) is 13.6. The first kappa shape index (κ1) is 17.3. The van der Waals surface area contributed by atoms with Crippen LogP contribution in [0.2, 0.25) is 32.2 Å². The van der Waals surface area contributed by atoms with Gasteiger partial charge < -0.3 is 12.7 Å². The minimum atomic E-state index is -2.32. The summed E-state index contributed by atoms with van der Waals surface area (Å²) in [5.41, 5.74) is 0. The molecule has 0 bridgehead atoms. The van der Waals surface area contributed by atoms with E-state index >= 15 is 0 Å². The van der Waals surface area contributed by atoms with E-state index in [1.807, 2.05) is 6.92 Å². The molecular formula is C9H25IO3Si3. The van der Waals surface area contributed by atoms with E-state index in [2.05, 4.69) is 48.8 Å². The second-order valence-electron chi connectivity index (χ2n) is 4.24. The van der Waals surface area contributed by atoms with Gasteiger partial charge in [-0.05, 0) is 44.0 Å². The van der Waals surface area contributed by atoms with Crippen molar-refractivity contribution >= 4 is 49.5 Å². The van der Waals surface area contributed by atoms with Gasteiger partial charge in [0.1, 0.15) is 0 Å². The lowest BCUT2D eigenvalue weighted by Crippen LogP contribution is -2.51. The average molecular weight is 392 g/mol. The molecule has 0 heterocycles. The lowest BCUT2D eigenvalue weighted by atomic mass is 10.6. The van der Waals surface area contributed by atoms with E-state index in [1.165, 1.54) is 0 Å². The molecule has 0 aliphatic rings. The Labute approximate surface area is 118 Å². The zero-order chi connectivity index (χ0) is 12.6. The lowest BCUT2D eigenvalue weighted by Gasteiger charge is -2.33. The molecule has 0 atom stereocenters. The predicted molar refractivity (Wildman–Crippen MR) is 85.6 cm³/mol. The largest absolute Gasteiger partial charge is 0.479 e. The van der Waals surface area contributed by atoms with Crippen molar-refractivity contribution in [2.45, 2.75) is 45.6 Å². The number of hydrogen-bond acceptors (Lipinski definition) is 3. The summed E-state index contributed by atoms with van der Waals surface area (Å²) >= 11 is 2.40. The standard InChI is InChI=1S/C9H25IO3Si3/c1-6-11-16(9-7-8-10,12-14(2)3)13-15(4)5/h14-15H,6-9H2,1-5H3. The normalized spacial score (nSPS) is 12.8. The summed E-state index contributed by atoms with van der Waals surface area (Å²) in [6.07, 6.45) is 1.13. The Morgan fingerprint density at radius 3 is 1.88 bits per heavy atom. The molecule has 0 N–H and O–H groups in total. The van der Waals surface area contributed by atoms with Gasteiger partial charge in [-0.25, -0.2) is 0 Å². The molecule has 0 aliphatic carbocycles. The van der Waals surface area contributed by atoms with Gasteiger partial charge in [-0.1, -0.05) is 22.6 Å². The molecule has 0 radical (unpaired) electrons. The maximum Gasteiger partial charge on any atom is 0.479 e. The monoisotopic (exact) mass is 392 g/mol. The maximum atomic E-state index is 6.16. The third kappa shape index (κ3) is 7.56. The minimum absolute atomic E-state index is 0.704. The van der Waals surface area contributed by atoms with E-state index in [0.717, 1.165) is 16.9 Å². The molecule has 16 heavy (non-hydrogen) atoms. The summed E-state index contributed by atoms with van der Waals surface area (Å²) < 4.78 is 19.4. The van der Waals surface area contributed by atoms with Gasteiger partial charge in [0, 0.05) is 12.7 Å². The number of hydrogen-bond donors (Lipinski definition) is 0. The van der Waals surface area contributed by atoms with Crippen molar-refractivity contribution in [3.8, 4) is 0 Å². The second kappa shape index (κ2) is 9.23.